The Hall–Kier alpha value is -1.63. The molecule has 2 heterocycles. The molecule has 1 aliphatic rings. The molecule has 1 aromatic rings. The van der Waals surface area contributed by atoms with Gasteiger partial charge < -0.3 is 15.3 Å². The van der Waals surface area contributed by atoms with Crippen LogP contribution in [-0.4, -0.2) is 39.6 Å². The standard InChI is InChI=1S/C11H15N3O3S/c1-7-9(10(15)16)2-3-14(7)11(17)13-5-8-4-12-6-18-8/h4,6-7,9H,2-3,5H2,1H3,(H,13,17)(H,15,16). The molecule has 18 heavy (non-hydrogen) atoms. The van der Waals surface area contributed by atoms with Gasteiger partial charge in [-0.1, -0.05) is 0 Å². The Morgan fingerprint density at radius 2 is 2.44 bits per heavy atom. The van der Waals surface area contributed by atoms with E-state index in [-0.39, 0.29) is 12.1 Å². The largest absolute Gasteiger partial charge is 0.481 e. The van der Waals surface area contributed by atoms with E-state index in [0.717, 1.165) is 4.88 Å². The maximum Gasteiger partial charge on any atom is 0.317 e. The number of carbonyl (C=O) groups is 2. The van der Waals surface area contributed by atoms with Crippen LogP contribution >= 0.6 is 11.3 Å². The quantitative estimate of drug-likeness (QED) is 0.862. The molecule has 0 aliphatic carbocycles. The molecule has 2 amide bonds. The maximum absolute atomic E-state index is 11.9. The summed E-state index contributed by atoms with van der Waals surface area (Å²) >= 11 is 1.48. The molecule has 6 nitrogen and oxygen atoms in total. The number of likely N-dealkylation sites (tertiary alicyclic amines) is 1. The molecule has 2 atom stereocenters. The minimum atomic E-state index is -0.833. The normalized spacial score (nSPS) is 23.1. The number of nitrogens with zero attached hydrogens (tertiary/aromatic N) is 2. The fraction of sp³-hybridized carbons (Fsp3) is 0.545. The first-order valence-corrected chi connectivity index (χ1v) is 6.62. The monoisotopic (exact) mass is 269 g/mol. The van der Waals surface area contributed by atoms with Gasteiger partial charge in [0.1, 0.15) is 0 Å². The van der Waals surface area contributed by atoms with Gasteiger partial charge in [0.05, 0.1) is 18.0 Å². The highest BCUT2D eigenvalue weighted by Crippen LogP contribution is 2.24. The lowest BCUT2D eigenvalue weighted by atomic mass is 10.0. The fourth-order valence-electron chi connectivity index (χ4n) is 2.15. The number of nitrogens with one attached hydrogen (secondary N) is 1. The number of thiazole rings is 1. The summed E-state index contributed by atoms with van der Waals surface area (Å²) in [5.41, 5.74) is 1.71. The second-order valence-electron chi connectivity index (χ2n) is 4.29. The summed E-state index contributed by atoms with van der Waals surface area (Å²) in [4.78, 5) is 29.4. The summed E-state index contributed by atoms with van der Waals surface area (Å²) in [6.07, 6.45) is 2.23. The first-order valence-electron chi connectivity index (χ1n) is 5.74. The van der Waals surface area contributed by atoms with Crippen LogP contribution in [0.15, 0.2) is 11.7 Å². The third-order valence-corrected chi connectivity index (χ3v) is 4.01. The van der Waals surface area contributed by atoms with Gasteiger partial charge in [-0.3, -0.25) is 9.78 Å². The zero-order chi connectivity index (χ0) is 13.1. The summed E-state index contributed by atoms with van der Waals surface area (Å²) in [5.74, 6) is -1.29. The van der Waals surface area contributed by atoms with Crippen LogP contribution in [0, 0.1) is 5.92 Å². The zero-order valence-corrected chi connectivity index (χ0v) is 10.8. The van der Waals surface area contributed by atoms with E-state index < -0.39 is 11.9 Å². The third-order valence-electron chi connectivity index (χ3n) is 3.23. The number of aromatic nitrogens is 1. The average Bonchev–Trinajstić information content (AvgIpc) is 2.94. The molecular weight excluding hydrogens is 254 g/mol. The van der Waals surface area contributed by atoms with Crippen LogP contribution in [0.1, 0.15) is 18.2 Å². The minimum absolute atomic E-state index is 0.209. The van der Waals surface area contributed by atoms with Crippen LogP contribution < -0.4 is 5.32 Å². The molecular formula is C11H15N3O3S. The van der Waals surface area contributed by atoms with Crippen LogP contribution in [0.4, 0.5) is 4.79 Å². The van der Waals surface area contributed by atoms with Gasteiger partial charge in [0, 0.05) is 23.7 Å². The minimum Gasteiger partial charge on any atom is -0.481 e. The molecule has 0 spiro atoms. The molecule has 1 fully saturated rings. The first kappa shape index (κ1) is 12.8. The number of carboxylic acids is 1. The molecule has 0 bridgehead atoms. The summed E-state index contributed by atoms with van der Waals surface area (Å²) in [6.45, 7) is 2.70. The number of urea groups is 1. The average molecular weight is 269 g/mol. The van der Waals surface area contributed by atoms with Crippen LogP contribution in [0.2, 0.25) is 0 Å². The number of rotatable bonds is 3. The van der Waals surface area contributed by atoms with Crippen LogP contribution in [0.5, 0.6) is 0 Å². The lowest BCUT2D eigenvalue weighted by molar-refractivity contribution is -0.142. The van der Waals surface area contributed by atoms with E-state index in [1.165, 1.54) is 11.3 Å². The predicted octanol–water partition coefficient (Wildman–Crippen LogP) is 1.15. The summed E-state index contributed by atoms with van der Waals surface area (Å²) in [7, 11) is 0. The van der Waals surface area contributed by atoms with Gasteiger partial charge in [-0.25, -0.2) is 4.79 Å². The van der Waals surface area contributed by atoms with E-state index in [2.05, 4.69) is 10.3 Å². The number of amides is 2. The second-order valence-corrected chi connectivity index (χ2v) is 5.26. The smallest absolute Gasteiger partial charge is 0.317 e. The van der Waals surface area contributed by atoms with Crippen LogP contribution in [0.25, 0.3) is 0 Å². The number of carbonyl (C=O) groups excluding carboxylic acids is 1. The SMILES string of the molecule is CC1C(C(=O)O)CCN1C(=O)NCc1cncs1. The Kier molecular flexibility index (Phi) is 3.81. The van der Waals surface area contributed by atoms with Crippen molar-refractivity contribution in [1.82, 2.24) is 15.2 Å². The van der Waals surface area contributed by atoms with Gasteiger partial charge in [-0.05, 0) is 13.3 Å². The predicted molar refractivity (Wildman–Crippen MR) is 66.3 cm³/mol. The Balaban J connectivity index is 1.88. The first-order chi connectivity index (χ1) is 8.59. The van der Waals surface area contributed by atoms with Crippen molar-refractivity contribution in [2.24, 2.45) is 5.92 Å². The lowest BCUT2D eigenvalue weighted by Gasteiger charge is -2.23. The van der Waals surface area contributed by atoms with Gasteiger partial charge in [0.15, 0.2) is 0 Å². The van der Waals surface area contributed by atoms with Crippen LogP contribution in [-0.2, 0) is 11.3 Å². The van der Waals surface area contributed by atoms with Crippen molar-refractivity contribution in [2.75, 3.05) is 6.54 Å². The fourth-order valence-corrected chi connectivity index (χ4v) is 2.68. The zero-order valence-electron chi connectivity index (χ0n) is 10.00. The van der Waals surface area contributed by atoms with Gasteiger partial charge in [-0.2, -0.15) is 0 Å². The van der Waals surface area contributed by atoms with Crippen molar-refractivity contribution in [3.8, 4) is 0 Å². The molecule has 2 unspecified atom stereocenters. The Labute approximate surface area is 109 Å². The number of hydrogen-bond acceptors (Lipinski definition) is 4. The van der Waals surface area contributed by atoms with E-state index in [0.29, 0.717) is 19.5 Å². The van der Waals surface area contributed by atoms with Gasteiger partial charge in [-0.15, -0.1) is 11.3 Å². The molecule has 1 aliphatic heterocycles. The highest BCUT2D eigenvalue weighted by Gasteiger charge is 2.37. The molecule has 98 valence electrons. The molecule has 7 heteroatoms. The van der Waals surface area contributed by atoms with Crippen molar-refractivity contribution in [3.05, 3.63) is 16.6 Å². The molecule has 2 rings (SSSR count). The highest BCUT2D eigenvalue weighted by molar-refractivity contribution is 7.09. The number of carboxylic acid groups (broad SMARTS) is 1. The Morgan fingerprint density at radius 3 is 3.00 bits per heavy atom. The molecule has 2 N–H and O–H groups in total. The number of hydrogen-bond donors (Lipinski definition) is 2. The second kappa shape index (κ2) is 5.34. The van der Waals surface area contributed by atoms with Gasteiger partial charge in [0.2, 0.25) is 0 Å². The van der Waals surface area contributed by atoms with Crippen molar-refractivity contribution in [2.45, 2.75) is 25.9 Å². The Bertz CT molecular complexity index is 435. The maximum atomic E-state index is 11.9. The topological polar surface area (TPSA) is 82.5 Å². The van der Waals surface area contributed by atoms with Crippen molar-refractivity contribution >= 4 is 23.3 Å². The molecule has 0 saturated carbocycles. The molecule has 0 aromatic carbocycles. The van der Waals surface area contributed by atoms with Gasteiger partial charge >= 0.3 is 12.0 Å². The summed E-state index contributed by atoms with van der Waals surface area (Å²) < 4.78 is 0. The van der Waals surface area contributed by atoms with Crippen LogP contribution in [0.3, 0.4) is 0 Å². The van der Waals surface area contributed by atoms with E-state index in [1.807, 2.05) is 0 Å². The molecule has 0 radical (unpaired) electrons. The van der Waals surface area contributed by atoms with E-state index in [4.69, 9.17) is 5.11 Å². The van der Waals surface area contributed by atoms with E-state index >= 15 is 0 Å². The van der Waals surface area contributed by atoms with Gasteiger partial charge in [0.25, 0.3) is 0 Å². The van der Waals surface area contributed by atoms with E-state index in [9.17, 15) is 9.59 Å². The van der Waals surface area contributed by atoms with Crippen molar-refractivity contribution < 1.29 is 14.7 Å². The Morgan fingerprint density at radius 1 is 1.67 bits per heavy atom. The summed E-state index contributed by atoms with van der Waals surface area (Å²) in [5, 5.41) is 11.8. The highest BCUT2D eigenvalue weighted by atomic mass is 32.1. The van der Waals surface area contributed by atoms with Crippen molar-refractivity contribution in [1.29, 1.82) is 0 Å². The van der Waals surface area contributed by atoms with E-state index in [1.54, 1.807) is 23.5 Å². The molecule has 1 saturated heterocycles. The third kappa shape index (κ3) is 2.61. The lowest BCUT2D eigenvalue weighted by Crippen LogP contribution is -2.43. The molecule has 1 aromatic heterocycles. The number of aliphatic carboxylic acids is 1. The van der Waals surface area contributed by atoms with Crippen molar-refractivity contribution in [3.63, 3.8) is 0 Å². The summed E-state index contributed by atoms with van der Waals surface area (Å²) in [6, 6.07) is -0.469.